The van der Waals surface area contributed by atoms with Crippen LogP contribution in [0.5, 0.6) is 0 Å². The summed E-state index contributed by atoms with van der Waals surface area (Å²) in [5.41, 5.74) is 24.9. The third kappa shape index (κ3) is 20.2. The highest BCUT2D eigenvalue weighted by Crippen LogP contribution is 2.49. The number of aromatic nitrogens is 9. The minimum Gasteiger partial charge on any atom is -0.379 e. The van der Waals surface area contributed by atoms with E-state index in [-0.39, 0.29) is 5.82 Å². The quantitative estimate of drug-likeness (QED) is 0.0522. The monoisotopic (exact) mass is 1820 g/mol. The summed E-state index contributed by atoms with van der Waals surface area (Å²) < 4.78 is 90.9. The van der Waals surface area contributed by atoms with Gasteiger partial charge in [-0.25, -0.2) is 66.7 Å². The number of fused-ring (bicyclic) bond motifs is 12. The zero-order valence-electron chi connectivity index (χ0n) is 76.1. The molecule has 9 heterocycles. The highest BCUT2D eigenvalue weighted by Gasteiger charge is 2.37. The Morgan fingerprint density at radius 2 is 0.593 bits per heavy atom. The molecular formula is C108H113F5N18O4. The third-order valence-electron chi connectivity index (χ3n) is 29.9. The summed E-state index contributed by atoms with van der Waals surface area (Å²) in [5, 5.41) is 15.0. The Morgan fingerprint density at radius 3 is 0.933 bits per heavy atom. The van der Waals surface area contributed by atoms with Crippen molar-refractivity contribution in [2.45, 2.75) is 177 Å². The fourth-order valence-electron chi connectivity index (χ4n) is 22.7. The molecule has 694 valence electrons. The lowest BCUT2D eigenvalue weighted by atomic mass is 9.89. The zero-order chi connectivity index (χ0) is 91.2. The van der Waals surface area contributed by atoms with Gasteiger partial charge in [0.2, 0.25) is 5.69 Å². The van der Waals surface area contributed by atoms with Crippen LogP contribution in [0.15, 0.2) is 177 Å². The van der Waals surface area contributed by atoms with Crippen LogP contribution in [-0.4, -0.2) is 218 Å². The normalized spacial score (nSPS) is 22.3. The summed E-state index contributed by atoms with van der Waals surface area (Å²) >= 11 is 0. The number of hydrogen-bond donors (Lipinski definition) is 4. The van der Waals surface area contributed by atoms with Crippen molar-refractivity contribution in [2.24, 2.45) is 0 Å². The number of pyridine rings is 1. The fourth-order valence-corrected chi connectivity index (χ4v) is 22.7. The highest BCUT2D eigenvalue weighted by molar-refractivity contribution is 5.91. The van der Waals surface area contributed by atoms with Gasteiger partial charge in [-0.2, -0.15) is 0 Å². The van der Waals surface area contributed by atoms with E-state index in [0.29, 0.717) is 65.1 Å². The summed E-state index contributed by atoms with van der Waals surface area (Å²) in [6, 6.07) is 45.1. The van der Waals surface area contributed by atoms with Gasteiger partial charge in [0, 0.05) is 179 Å². The molecule has 8 aliphatic carbocycles. The SMILES string of the molecule is Fc1cc(F)cc(-c2ccc3c(c2)-c2c(ncnc2NC2CCC(N4CCOCC4)CC2)C3)c1.Fc1ccc(-c2ccc3c(c2)-c2c(ncnc2NC2CCC(N4CCOCC4)CC2)C3)c(F)c1.Fc1ccc(-c2ccc3c(c2)-c2c(ncnc2NC2CCC(N4CCOCC4)CC2)C3)cc1.[C-]#[N+]c1cncc(-c2ccc3c(c2)-c2c(ncnc2NC2CCC(N4CCOCC4)CC2)C3)c1. The average molecular weight is 1820 g/mol. The minimum atomic E-state index is -0.575. The lowest BCUT2D eigenvalue weighted by molar-refractivity contribution is 0.00788. The van der Waals surface area contributed by atoms with Gasteiger partial charge in [0.05, 0.1) is 82.2 Å². The summed E-state index contributed by atoms with van der Waals surface area (Å²) in [5.74, 6) is 1.12. The molecule has 8 fully saturated rings. The van der Waals surface area contributed by atoms with Gasteiger partial charge >= 0.3 is 0 Å². The first kappa shape index (κ1) is 89.6. The van der Waals surface area contributed by atoms with E-state index in [1.54, 1.807) is 31.5 Å². The van der Waals surface area contributed by atoms with E-state index in [1.165, 1.54) is 110 Å². The first-order valence-electron chi connectivity index (χ1n) is 48.5. The van der Waals surface area contributed by atoms with Crippen molar-refractivity contribution in [2.75, 3.05) is 126 Å². The number of anilines is 4. The molecule has 12 aromatic rings. The molecule has 12 aliphatic rings. The standard InChI is InChI=1S/2C27H28F2N4O.C27H29FN4O.C27H28N6O/c28-19-3-8-22(24(29)15-19)17-1-2-18-14-25-26(23(18)13-17)27(31-16-30-25)32-20-4-6-21(7-5-20)33-9-11-34-12-10-33;28-20-11-19(12-21(29)15-20)17-1-2-18-14-25-26(24(18)13-17)27(31-16-30-25)32-22-3-5-23(6-4-22)33-7-9-34-10-8-33;28-21-5-3-18(4-6-21)19-1-2-20-16-25-26(24(20)15-19)27(30-17-29-25)31-22-7-9-23(10-8-22)32-11-13-33-14-12-32;1-28-22-12-20(15-29-16-22)18-2-3-19-14-25-26(24(19)13-18)27(31-17-30-25)32-21-4-6-23(7-5-21)33-8-10-34-11-9-33/h1-3,8,13,15-16,20-21H,4-7,9-12,14H2,(H,30,31,32);1-2,11-13,15-16,22-23H,3-10,14H2,(H,30,31,32);1-6,15,17,22-23H,7-14,16H2,(H,29,30,31);2-3,12-13,15-17,21,23H,4-11,14H2,(H,30,31,32). The van der Waals surface area contributed by atoms with Gasteiger partial charge in [-0.05, 0) is 253 Å². The number of halogens is 5. The van der Waals surface area contributed by atoms with Crippen LogP contribution in [0.2, 0.25) is 0 Å². The zero-order valence-corrected chi connectivity index (χ0v) is 76.1. The van der Waals surface area contributed by atoms with Crippen molar-refractivity contribution < 1.29 is 40.9 Å². The summed E-state index contributed by atoms with van der Waals surface area (Å²) in [7, 11) is 0. The van der Waals surface area contributed by atoms with E-state index < -0.39 is 23.3 Å². The average Bonchev–Trinajstić information content (AvgIpc) is 1.63. The molecular weight excluding hydrogens is 1710 g/mol. The Bertz CT molecular complexity index is 6270. The molecule has 7 aromatic carbocycles. The molecule has 0 unspecified atom stereocenters. The minimum absolute atomic E-state index is 0.214. The van der Waals surface area contributed by atoms with Gasteiger partial charge in [-0.15, -0.1) is 0 Å². The first-order valence-corrected chi connectivity index (χ1v) is 48.5. The van der Waals surface area contributed by atoms with E-state index >= 15 is 0 Å². The summed E-state index contributed by atoms with van der Waals surface area (Å²) in [4.78, 5) is 55.0. The number of nitrogens with zero attached hydrogens (tertiary/aromatic N) is 14. The molecule has 0 spiro atoms. The predicted octanol–water partition coefficient (Wildman–Crippen LogP) is 19.7. The second-order valence-electron chi connectivity index (χ2n) is 37.9. The Labute approximate surface area is 785 Å². The number of hydrogen-bond acceptors (Lipinski definition) is 21. The molecule has 27 heteroatoms. The van der Waals surface area contributed by atoms with Crippen molar-refractivity contribution in [3.05, 3.63) is 263 Å². The highest BCUT2D eigenvalue weighted by atomic mass is 19.1. The molecule has 0 amide bonds. The molecule has 4 aliphatic heterocycles. The van der Waals surface area contributed by atoms with E-state index in [1.807, 2.05) is 60.8 Å². The van der Waals surface area contributed by atoms with Crippen LogP contribution in [0.25, 0.3) is 93.9 Å². The maximum atomic E-state index is 14.5. The number of rotatable bonds is 16. The Balaban J connectivity index is 0.000000108. The molecule has 0 radical (unpaired) electrons. The van der Waals surface area contributed by atoms with E-state index in [4.69, 9.17) is 25.5 Å². The van der Waals surface area contributed by atoms with Gasteiger partial charge in [0.1, 0.15) is 77.7 Å². The van der Waals surface area contributed by atoms with Crippen molar-refractivity contribution in [1.82, 2.24) is 64.5 Å². The molecule has 5 aromatic heterocycles. The molecule has 4 saturated carbocycles. The molecule has 24 rings (SSSR count). The second-order valence-corrected chi connectivity index (χ2v) is 37.9. The molecule has 4 N–H and O–H groups in total. The summed E-state index contributed by atoms with van der Waals surface area (Å²) in [6.45, 7) is 22.5. The Hall–Kier alpha value is -12.0. The fraction of sp³-hybridized carbons (Fsp3) is 0.407. The molecule has 22 nitrogen and oxygen atoms in total. The van der Waals surface area contributed by atoms with Gasteiger partial charge in [0.15, 0.2) is 0 Å². The van der Waals surface area contributed by atoms with Crippen LogP contribution >= 0.6 is 0 Å². The van der Waals surface area contributed by atoms with Crippen molar-refractivity contribution in [3.8, 4) is 89.0 Å². The number of morpholine rings is 4. The topological polar surface area (TPSA) is 218 Å². The van der Waals surface area contributed by atoms with Crippen LogP contribution in [0.3, 0.4) is 0 Å². The van der Waals surface area contributed by atoms with Crippen molar-refractivity contribution >= 4 is 29.0 Å². The lowest BCUT2D eigenvalue weighted by Gasteiger charge is -2.39. The van der Waals surface area contributed by atoms with Gasteiger partial charge in [-0.1, -0.05) is 60.7 Å². The molecule has 4 saturated heterocycles. The van der Waals surface area contributed by atoms with Gasteiger partial charge in [0.25, 0.3) is 0 Å². The lowest BCUT2D eigenvalue weighted by Crippen LogP contribution is -2.46. The number of benzene rings is 7. The van der Waals surface area contributed by atoms with E-state index in [2.05, 4.69) is 127 Å². The van der Waals surface area contributed by atoms with Crippen LogP contribution in [0.1, 0.15) is 148 Å². The Kier molecular flexibility index (Phi) is 27.1. The van der Waals surface area contributed by atoms with Crippen LogP contribution < -0.4 is 21.3 Å². The van der Waals surface area contributed by atoms with Crippen molar-refractivity contribution in [3.63, 3.8) is 0 Å². The smallest absolute Gasteiger partial charge is 0.205 e. The Morgan fingerprint density at radius 1 is 0.281 bits per heavy atom. The second kappa shape index (κ2) is 40.9. The molecule has 0 atom stereocenters. The third-order valence-corrected chi connectivity index (χ3v) is 29.9. The maximum absolute atomic E-state index is 14.5. The van der Waals surface area contributed by atoms with Gasteiger partial charge < -0.3 is 40.2 Å². The number of ether oxygens (including phenoxy) is 4. The molecule has 0 bridgehead atoms. The van der Waals surface area contributed by atoms with Crippen LogP contribution in [0, 0.1) is 35.7 Å². The maximum Gasteiger partial charge on any atom is 0.205 e. The molecule has 135 heavy (non-hydrogen) atoms. The number of nitrogens with one attached hydrogen (secondary N) is 4. The van der Waals surface area contributed by atoms with Crippen molar-refractivity contribution in [1.29, 1.82) is 0 Å². The van der Waals surface area contributed by atoms with E-state index in [9.17, 15) is 22.0 Å². The predicted molar refractivity (Wildman–Crippen MR) is 515 cm³/mol. The van der Waals surface area contributed by atoms with Gasteiger partial charge in [-0.3, -0.25) is 24.6 Å². The first-order chi connectivity index (χ1) is 66.3. The van der Waals surface area contributed by atoms with Crippen LogP contribution in [0.4, 0.5) is 50.9 Å². The summed E-state index contributed by atoms with van der Waals surface area (Å²) in [6.07, 6.45) is 31.8. The largest absolute Gasteiger partial charge is 0.379 e. The van der Waals surface area contributed by atoms with E-state index in [0.717, 1.165) is 318 Å². The van der Waals surface area contributed by atoms with Crippen LogP contribution in [-0.2, 0) is 44.6 Å².